The third-order valence-electron chi connectivity index (χ3n) is 9.84. The first-order valence-electron chi connectivity index (χ1n) is 20.1. The van der Waals surface area contributed by atoms with Crippen LogP contribution in [0.5, 0.6) is 0 Å². The Morgan fingerprint density at radius 1 is 0.672 bits per heavy atom. The van der Waals surface area contributed by atoms with E-state index in [4.69, 9.17) is 22.4 Å². The molecule has 0 aliphatic carbocycles. The van der Waals surface area contributed by atoms with Gasteiger partial charge in [-0.05, 0) is 66.4 Å². The molecule has 25 heteroatoms. The number of H-pyrrole nitrogens is 1. The lowest BCUT2D eigenvalue weighted by atomic mass is 10.0. The highest BCUT2D eigenvalue weighted by atomic mass is 35.5. The summed E-state index contributed by atoms with van der Waals surface area (Å²) >= 11 is 5.82. The molecule has 4 aromatic rings. The van der Waals surface area contributed by atoms with Crippen molar-refractivity contribution < 1.29 is 71.3 Å². The third kappa shape index (κ3) is 16.5. The van der Waals surface area contributed by atoms with Gasteiger partial charge in [0.05, 0.1) is 17.9 Å². The van der Waals surface area contributed by atoms with Crippen molar-refractivity contribution in [2.24, 2.45) is 5.73 Å². The topological polar surface area (TPSA) is 362 Å². The minimum absolute atomic E-state index is 0.171. The van der Waals surface area contributed by atoms with Gasteiger partial charge in [-0.3, -0.25) is 43.2 Å². The smallest absolute Gasteiger partial charge is 0.305 e. The van der Waals surface area contributed by atoms with Crippen LogP contribution in [0.15, 0.2) is 83.9 Å². The van der Waals surface area contributed by atoms with Gasteiger partial charge in [0.2, 0.25) is 45.5 Å². The predicted octanol–water partition coefficient (Wildman–Crippen LogP) is -0.162. The van der Waals surface area contributed by atoms with E-state index < -0.39 is 143 Å². The number of carbonyl (C=O) groups is 9. The summed E-state index contributed by atoms with van der Waals surface area (Å²) in [7, 11) is -4.56. The third-order valence-corrected chi connectivity index (χ3v) is 11.6. The fourth-order valence-corrected chi connectivity index (χ4v) is 7.83. The number of hydrogen-bond acceptors (Lipinski definition) is 11. The number of carbonyl (C=O) groups excluding carboxylic acids is 6. The van der Waals surface area contributed by atoms with Crippen molar-refractivity contribution in [2.45, 2.75) is 80.1 Å². The zero-order valence-electron chi connectivity index (χ0n) is 35.1. The number of hydrogen-bond donors (Lipinski definition) is 11. The first-order chi connectivity index (χ1) is 31.6. The van der Waals surface area contributed by atoms with Crippen LogP contribution in [0.1, 0.15) is 43.2 Å². The van der Waals surface area contributed by atoms with Gasteiger partial charge < -0.3 is 52.6 Å². The Hall–Kier alpha value is -7.44. The van der Waals surface area contributed by atoms with Crippen LogP contribution in [-0.2, 0) is 66.0 Å². The maximum absolute atomic E-state index is 14.3. The number of nitrogens with one attached hydrogen (secondary N) is 7. The maximum Gasteiger partial charge on any atom is 0.305 e. The van der Waals surface area contributed by atoms with Crippen molar-refractivity contribution in [2.75, 3.05) is 6.54 Å². The van der Waals surface area contributed by atoms with Crippen LogP contribution in [0.2, 0.25) is 5.02 Å². The van der Waals surface area contributed by atoms with Crippen LogP contribution in [0.3, 0.4) is 0 Å². The van der Waals surface area contributed by atoms with Gasteiger partial charge in [0, 0.05) is 47.8 Å². The molecule has 67 heavy (non-hydrogen) atoms. The van der Waals surface area contributed by atoms with Crippen LogP contribution in [0.4, 0.5) is 4.39 Å². The molecule has 1 aromatic heterocycles. The minimum Gasteiger partial charge on any atom is -0.481 e. The lowest BCUT2D eigenvalue weighted by molar-refractivity contribution is -0.140. The Morgan fingerprint density at radius 3 is 1.87 bits per heavy atom. The molecule has 0 aliphatic rings. The van der Waals surface area contributed by atoms with Gasteiger partial charge in [-0.1, -0.05) is 41.9 Å². The number of para-hydroxylation sites is 1. The molecule has 1 heterocycles. The first-order valence-corrected chi connectivity index (χ1v) is 22.0. The summed E-state index contributed by atoms with van der Waals surface area (Å²) < 4.78 is 42.3. The van der Waals surface area contributed by atoms with Crippen LogP contribution >= 0.6 is 11.6 Å². The van der Waals surface area contributed by atoms with E-state index in [0.717, 1.165) is 24.3 Å². The molecule has 0 saturated carbocycles. The molecule has 0 fully saturated rings. The van der Waals surface area contributed by atoms with E-state index >= 15 is 0 Å². The maximum atomic E-state index is 14.3. The number of nitrogens with two attached hydrogens (primary N) is 1. The van der Waals surface area contributed by atoms with Crippen molar-refractivity contribution in [3.63, 3.8) is 0 Å². The highest BCUT2D eigenvalue weighted by Gasteiger charge is 2.33. The second-order valence-corrected chi connectivity index (χ2v) is 17.1. The van der Waals surface area contributed by atoms with Gasteiger partial charge in [-0.15, -0.1) is 0 Å². The summed E-state index contributed by atoms with van der Waals surface area (Å²) in [5, 5.41) is 40.3. The molecule has 22 nitrogen and oxygen atoms in total. The highest BCUT2D eigenvalue weighted by Crippen LogP contribution is 2.20. The van der Waals surface area contributed by atoms with Gasteiger partial charge in [0.1, 0.15) is 36.0 Å². The van der Waals surface area contributed by atoms with Crippen LogP contribution in [0.25, 0.3) is 10.9 Å². The number of sulfonamides is 1. The van der Waals surface area contributed by atoms with E-state index in [1.54, 1.807) is 30.5 Å². The van der Waals surface area contributed by atoms with E-state index in [1.165, 1.54) is 24.3 Å². The number of rotatable bonds is 26. The number of primary amides is 1. The van der Waals surface area contributed by atoms with E-state index in [-0.39, 0.29) is 23.4 Å². The summed E-state index contributed by atoms with van der Waals surface area (Å²) in [4.78, 5) is 117. The van der Waals surface area contributed by atoms with E-state index in [2.05, 4.69) is 31.6 Å². The Bertz CT molecular complexity index is 2610. The normalized spacial score (nSPS) is 13.5. The number of fused-ring (bicyclic) bond motifs is 1. The zero-order chi connectivity index (χ0) is 49.4. The zero-order valence-corrected chi connectivity index (χ0v) is 36.7. The average Bonchev–Trinajstić information content (AvgIpc) is 3.66. The molecule has 0 unspecified atom stereocenters. The summed E-state index contributed by atoms with van der Waals surface area (Å²) in [5.74, 6) is -11.7. The molecule has 0 radical (unpaired) electrons. The first kappa shape index (κ1) is 52.2. The number of aromatic amines is 1. The lowest BCUT2D eigenvalue weighted by Gasteiger charge is -2.25. The SMILES string of the molecule is NC(=O)[C@H](CCC(=O)O)NC(=O)[C@H](Cc1c[nH]c2ccccc12)NC(=O)[C@H](Cc1cccc(F)c1)NC(=O)CNC(=O)[C@H](CCC(=O)O)NC(=O)[C@@H](CC(=O)O)NS(=O)(=O)c1ccc(Cl)cc1. The highest BCUT2D eigenvalue weighted by molar-refractivity contribution is 7.89. The fraction of sp³-hybridized carbons (Fsp3) is 0.310. The molecule has 12 N–H and O–H groups in total. The van der Waals surface area contributed by atoms with Crippen LogP contribution in [0, 0.1) is 5.82 Å². The summed E-state index contributed by atoms with van der Waals surface area (Å²) in [5.41, 5.74) is 6.81. The molecule has 6 amide bonds. The molecule has 0 aliphatic heterocycles. The van der Waals surface area contributed by atoms with Crippen LogP contribution in [-0.4, -0.2) is 119 Å². The molecular formula is C42H46ClFN8O14S. The van der Waals surface area contributed by atoms with Crippen molar-refractivity contribution >= 4 is 85.9 Å². The Morgan fingerprint density at radius 2 is 1.25 bits per heavy atom. The van der Waals surface area contributed by atoms with Gasteiger partial charge in [-0.25, -0.2) is 12.8 Å². The Balaban J connectivity index is 1.55. The molecule has 3 aromatic carbocycles. The number of benzene rings is 3. The van der Waals surface area contributed by atoms with Crippen molar-refractivity contribution in [1.82, 2.24) is 36.3 Å². The van der Waals surface area contributed by atoms with Crippen molar-refractivity contribution in [3.8, 4) is 0 Å². The number of carboxylic acids is 3. The van der Waals surface area contributed by atoms with Gasteiger partial charge >= 0.3 is 17.9 Å². The quantitative estimate of drug-likeness (QED) is 0.0390. The molecule has 0 spiro atoms. The lowest BCUT2D eigenvalue weighted by Crippen LogP contribution is -2.58. The predicted molar refractivity (Wildman–Crippen MR) is 234 cm³/mol. The summed E-state index contributed by atoms with van der Waals surface area (Å²) in [6.45, 7) is -0.948. The Labute approximate surface area is 385 Å². The summed E-state index contributed by atoms with van der Waals surface area (Å²) in [6, 6.07) is 8.07. The number of carboxylic acid groups (broad SMARTS) is 3. The number of aliphatic carboxylic acids is 3. The van der Waals surface area contributed by atoms with E-state index in [9.17, 15) is 66.2 Å². The number of halogens is 2. The second-order valence-electron chi connectivity index (χ2n) is 14.9. The molecular weight excluding hydrogens is 927 g/mol. The second kappa shape index (κ2) is 24.2. The standard InChI is InChI=1S/C42H46ClFN8O14S/c43-24-8-10-26(11-9-24)67(65,66)52-33(19-37(58)59)42(64)50-30(13-15-36(56)57)39(61)47-21-34(53)48-31(17-22-4-3-5-25(44)16-22)40(62)51-32(18-23-20-46-28-7-2-1-6-27(23)28)41(63)49-29(38(45)60)12-14-35(54)55/h1-11,16,20,29-33,46,52H,12-15,17-19,21H2,(H2,45,60)(H,47,61)(H,48,53)(H,49,63)(H,50,64)(H,51,62)(H,54,55)(H,56,57)(H,58,59)/t29-,30-,31-,32-,33+/m0/s1. The van der Waals surface area contributed by atoms with Gasteiger partial charge in [0.15, 0.2) is 0 Å². The van der Waals surface area contributed by atoms with E-state index in [0.29, 0.717) is 16.5 Å². The number of aromatic nitrogens is 1. The minimum atomic E-state index is -4.56. The Kier molecular flexibility index (Phi) is 18.8. The molecule has 4 rings (SSSR count). The molecule has 0 bridgehead atoms. The molecule has 358 valence electrons. The average molecular weight is 973 g/mol. The number of amides is 6. The fourth-order valence-electron chi connectivity index (χ4n) is 6.51. The van der Waals surface area contributed by atoms with E-state index in [1.807, 2.05) is 4.72 Å². The van der Waals surface area contributed by atoms with Gasteiger partial charge in [-0.2, -0.15) is 4.72 Å². The summed E-state index contributed by atoms with van der Waals surface area (Å²) in [6.07, 6.45) is -2.48. The van der Waals surface area contributed by atoms with Crippen molar-refractivity contribution in [1.29, 1.82) is 0 Å². The van der Waals surface area contributed by atoms with Gasteiger partial charge in [0.25, 0.3) is 0 Å². The molecule has 0 saturated heterocycles. The van der Waals surface area contributed by atoms with Crippen LogP contribution < -0.4 is 37.0 Å². The van der Waals surface area contributed by atoms with Crippen molar-refractivity contribution in [3.05, 3.63) is 101 Å². The molecule has 5 atom stereocenters. The largest absolute Gasteiger partial charge is 0.481 e. The monoisotopic (exact) mass is 972 g/mol.